The molecular weight excluding hydrogens is 290 g/mol. The first kappa shape index (κ1) is 14.4. The highest BCUT2D eigenvalue weighted by Gasteiger charge is 2.25. The van der Waals surface area contributed by atoms with Crippen LogP contribution in [-0.2, 0) is 12.8 Å². The molecule has 2 aromatic heterocycles. The van der Waals surface area contributed by atoms with Crippen LogP contribution in [0.3, 0.4) is 0 Å². The Kier molecular flexibility index (Phi) is 3.81. The third kappa shape index (κ3) is 2.32. The van der Waals surface area contributed by atoms with Crippen LogP contribution in [0.15, 0.2) is 0 Å². The molecule has 0 radical (unpaired) electrons. The molecule has 0 amide bonds. The average molecular weight is 315 g/mol. The summed E-state index contributed by atoms with van der Waals surface area (Å²) in [5.74, 6) is 2.75. The average Bonchev–Trinajstić information content (AvgIpc) is 3.20. The Morgan fingerprint density at radius 3 is 2.64 bits per heavy atom. The molecule has 0 spiro atoms. The molecule has 1 atom stereocenters. The molecule has 22 heavy (non-hydrogen) atoms. The van der Waals surface area contributed by atoms with Gasteiger partial charge in [0, 0.05) is 23.9 Å². The monoisotopic (exact) mass is 315 g/mol. The molecule has 2 aliphatic rings. The summed E-state index contributed by atoms with van der Waals surface area (Å²) in [6.45, 7) is 6.81. The van der Waals surface area contributed by atoms with E-state index in [1.165, 1.54) is 54.6 Å². The summed E-state index contributed by atoms with van der Waals surface area (Å²) in [4.78, 5) is 15.4. The van der Waals surface area contributed by atoms with Crippen LogP contribution < -0.4 is 4.90 Å². The molecule has 1 aliphatic heterocycles. The lowest BCUT2D eigenvalue weighted by molar-refractivity contribution is 0.680. The van der Waals surface area contributed by atoms with E-state index in [4.69, 9.17) is 9.97 Å². The lowest BCUT2D eigenvalue weighted by atomic mass is 9.96. The summed E-state index contributed by atoms with van der Waals surface area (Å²) in [6, 6.07) is 0. The first-order valence-electron chi connectivity index (χ1n) is 8.85. The normalized spacial score (nSPS) is 19.6. The molecule has 0 unspecified atom stereocenters. The Bertz CT molecular complexity index is 685. The minimum Gasteiger partial charge on any atom is -0.356 e. The number of aromatic nitrogens is 2. The van der Waals surface area contributed by atoms with E-state index in [1.54, 1.807) is 10.4 Å². The molecule has 1 aliphatic carbocycles. The molecule has 1 saturated heterocycles. The van der Waals surface area contributed by atoms with Gasteiger partial charge in [-0.3, -0.25) is 0 Å². The van der Waals surface area contributed by atoms with Crippen LogP contribution in [0, 0.1) is 0 Å². The molecule has 0 bridgehead atoms. The van der Waals surface area contributed by atoms with Gasteiger partial charge in [-0.2, -0.15) is 0 Å². The van der Waals surface area contributed by atoms with Crippen molar-refractivity contribution in [1.82, 2.24) is 9.97 Å². The molecule has 1 fully saturated rings. The third-order valence-corrected chi connectivity index (χ3v) is 6.46. The first-order chi connectivity index (χ1) is 10.8. The summed E-state index contributed by atoms with van der Waals surface area (Å²) < 4.78 is 0. The molecule has 4 rings (SSSR count). The molecule has 0 N–H and O–H groups in total. The van der Waals surface area contributed by atoms with Crippen molar-refractivity contribution >= 4 is 27.4 Å². The van der Waals surface area contributed by atoms with Gasteiger partial charge in [0.1, 0.15) is 16.5 Å². The number of fused-ring (bicyclic) bond motifs is 3. The van der Waals surface area contributed by atoms with Crippen molar-refractivity contribution in [3.05, 3.63) is 16.3 Å². The zero-order valence-corrected chi connectivity index (χ0v) is 14.5. The molecule has 0 aromatic carbocycles. The van der Waals surface area contributed by atoms with Crippen LogP contribution in [-0.4, -0.2) is 23.1 Å². The van der Waals surface area contributed by atoms with Crippen LogP contribution in [0.5, 0.6) is 0 Å². The third-order valence-electron chi connectivity index (χ3n) is 5.27. The zero-order valence-electron chi connectivity index (χ0n) is 13.7. The minimum absolute atomic E-state index is 0.449. The van der Waals surface area contributed by atoms with Crippen LogP contribution in [0.25, 0.3) is 10.2 Å². The second-order valence-electron chi connectivity index (χ2n) is 6.80. The standard InChI is InChI=1S/C18H25N3S/c1-3-12(2)16-19-17(21-10-6-7-11-21)15-13-8-4-5-9-14(13)22-18(15)20-16/h12H,3-11H2,1-2H3/t12-/m0/s1. The van der Waals surface area contributed by atoms with Crippen molar-refractivity contribution in [3.63, 3.8) is 0 Å². The van der Waals surface area contributed by atoms with E-state index in [2.05, 4.69) is 18.7 Å². The molecule has 2 aromatic rings. The maximum atomic E-state index is 5.06. The number of thiophene rings is 1. The van der Waals surface area contributed by atoms with Gasteiger partial charge in [-0.15, -0.1) is 11.3 Å². The Hall–Kier alpha value is -1.16. The number of anilines is 1. The van der Waals surface area contributed by atoms with Crippen molar-refractivity contribution in [2.45, 2.75) is 64.7 Å². The summed E-state index contributed by atoms with van der Waals surface area (Å²) in [5.41, 5.74) is 1.57. The van der Waals surface area contributed by atoms with E-state index in [0.717, 1.165) is 25.3 Å². The van der Waals surface area contributed by atoms with E-state index < -0.39 is 0 Å². The molecule has 3 nitrogen and oxygen atoms in total. The van der Waals surface area contributed by atoms with Crippen molar-refractivity contribution in [2.75, 3.05) is 18.0 Å². The van der Waals surface area contributed by atoms with Crippen LogP contribution in [0.4, 0.5) is 5.82 Å². The van der Waals surface area contributed by atoms with Gasteiger partial charge in [0.15, 0.2) is 0 Å². The predicted octanol–water partition coefficient (Wildman–Crippen LogP) is 4.68. The predicted molar refractivity (Wildman–Crippen MR) is 94.2 cm³/mol. The van der Waals surface area contributed by atoms with Gasteiger partial charge in [-0.05, 0) is 50.5 Å². The number of nitrogens with zero attached hydrogens (tertiary/aromatic N) is 3. The Balaban J connectivity index is 1.92. The second kappa shape index (κ2) is 5.80. The maximum absolute atomic E-state index is 5.06. The molecule has 0 saturated carbocycles. The SMILES string of the molecule is CC[C@H](C)c1nc(N2CCCC2)c2c3c(sc2n1)CCCC3. The highest BCUT2D eigenvalue weighted by atomic mass is 32.1. The summed E-state index contributed by atoms with van der Waals surface area (Å²) >= 11 is 1.94. The van der Waals surface area contributed by atoms with Crippen molar-refractivity contribution in [2.24, 2.45) is 0 Å². The second-order valence-corrected chi connectivity index (χ2v) is 7.88. The molecule has 4 heteroatoms. The number of aryl methyl sites for hydroxylation is 2. The van der Waals surface area contributed by atoms with E-state index in [9.17, 15) is 0 Å². The van der Waals surface area contributed by atoms with E-state index in [0.29, 0.717) is 5.92 Å². The maximum Gasteiger partial charge on any atom is 0.141 e. The summed E-state index contributed by atoms with van der Waals surface area (Å²) in [6.07, 6.45) is 8.84. The van der Waals surface area contributed by atoms with Crippen molar-refractivity contribution in [1.29, 1.82) is 0 Å². The molecular formula is C18H25N3S. The van der Waals surface area contributed by atoms with Gasteiger partial charge in [0.2, 0.25) is 0 Å². The summed E-state index contributed by atoms with van der Waals surface area (Å²) in [7, 11) is 0. The van der Waals surface area contributed by atoms with Gasteiger partial charge in [-0.25, -0.2) is 9.97 Å². The first-order valence-corrected chi connectivity index (χ1v) is 9.66. The minimum atomic E-state index is 0.449. The fourth-order valence-electron chi connectivity index (χ4n) is 3.71. The molecule has 3 heterocycles. The highest BCUT2D eigenvalue weighted by Crippen LogP contribution is 2.41. The Morgan fingerprint density at radius 2 is 1.86 bits per heavy atom. The van der Waals surface area contributed by atoms with Crippen LogP contribution in [0.1, 0.15) is 68.1 Å². The number of hydrogen-bond acceptors (Lipinski definition) is 4. The fraction of sp³-hybridized carbons (Fsp3) is 0.667. The van der Waals surface area contributed by atoms with Crippen LogP contribution >= 0.6 is 11.3 Å². The lowest BCUT2D eigenvalue weighted by Gasteiger charge is -2.21. The topological polar surface area (TPSA) is 29.0 Å². The Labute approximate surface area is 136 Å². The van der Waals surface area contributed by atoms with E-state index in [1.807, 2.05) is 11.3 Å². The fourth-order valence-corrected chi connectivity index (χ4v) is 4.98. The van der Waals surface area contributed by atoms with Gasteiger partial charge < -0.3 is 4.90 Å². The van der Waals surface area contributed by atoms with E-state index in [-0.39, 0.29) is 0 Å². The highest BCUT2D eigenvalue weighted by molar-refractivity contribution is 7.19. The smallest absolute Gasteiger partial charge is 0.141 e. The molecule has 118 valence electrons. The quantitative estimate of drug-likeness (QED) is 0.823. The lowest BCUT2D eigenvalue weighted by Crippen LogP contribution is -2.21. The number of rotatable bonds is 3. The number of hydrogen-bond donors (Lipinski definition) is 0. The van der Waals surface area contributed by atoms with Gasteiger partial charge in [0.05, 0.1) is 5.39 Å². The van der Waals surface area contributed by atoms with Crippen molar-refractivity contribution < 1.29 is 0 Å². The summed E-state index contributed by atoms with van der Waals surface area (Å²) in [5, 5.41) is 1.40. The van der Waals surface area contributed by atoms with Crippen molar-refractivity contribution in [3.8, 4) is 0 Å². The van der Waals surface area contributed by atoms with Gasteiger partial charge >= 0.3 is 0 Å². The largest absolute Gasteiger partial charge is 0.356 e. The zero-order chi connectivity index (χ0) is 15.1. The van der Waals surface area contributed by atoms with Gasteiger partial charge in [0.25, 0.3) is 0 Å². The Morgan fingerprint density at radius 1 is 1.09 bits per heavy atom. The van der Waals surface area contributed by atoms with Gasteiger partial charge in [-0.1, -0.05) is 13.8 Å². The van der Waals surface area contributed by atoms with Crippen LogP contribution in [0.2, 0.25) is 0 Å². The van der Waals surface area contributed by atoms with E-state index >= 15 is 0 Å².